The molecule has 0 amide bonds. The van der Waals surface area contributed by atoms with E-state index in [1.807, 2.05) is 0 Å². The number of carbonyl (C=O) groups is 1. The Kier molecular flexibility index (Phi) is 5.30. The van der Waals surface area contributed by atoms with Crippen molar-refractivity contribution < 1.29 is 4.79 Å². The maximum Gasteiger partial charge on any atom is 0.133 e. The summed E-state index contributed by atoms with van der Waals surface area (Å²) in [7, 11) is 2.21. The average molecular weight is 211 g/mol. The molecule has 0 N–H and O–H groups in total. The third-order valence-electron chi connectivity index (χ3n) is 3.52. The maximum atomic E-state index is 11.1. The van der Waals surface area contributed by atoms with Gasteiger partial charge in [-0.1, -0.05) is 20.3 Å². The van der Waals surface area contributed by atoms with Crippen molar-refractivity contribution in [1.82, 2.24) is 4.90 Å². The summed E-state index contributed by atoms with van der Waals surface area (Å²) < 4.78 is 0. The second-order valence-corrected chi connectivity index (χ2v) is 5.10. The third-order valence-corrected chi connectivity index (χ3v) is 3.52. The van der Waals surface area contributed by atoms with E-state index in [1.165, 1.54) is 19.4 Å². The molecule has 0 aromatic rings. The van der Waals surface area contributed by atoms with Gasteiger partial charge in [0.1, 0.15) is 5.78 Å². The lowest BCUT2D eigenvalue weighted by atomic mass is 9.92. The minimum atomic E-state index is 0.459. The Hall–Kier alpha value is -0.370. The Bertz CT molecular complexity index is 193. The highest BCUT2D eigenvalue weighted by Gasteiger charge is 2.22. The van der Waals surface area contributed by atoms with Gasteiger partial charge in [0.15, 0.2) is 0 Å². The first-order chi connectivity index (χ1) is 7.13. The van der Waals surface area contributed by atoms with Crippen molar-refractivity contribution in [3.63, 3.8) is 0 Å². The molecule has 1 saturated carbocycles. The van der Waals surface area contributed by atoms with Gasteiger partial charge in [-0.15, -0.1) is 0 Å². The molecular formula is C13H25NO. The maximum absolute atomic E-state index is 11.1. The summed E-state index contributed by atoms with van der Waals surface area (Å²) in [5.74, 6) is 1.25. The van der Waals surface area contributed by atoms with Gasteiger partial charge in [-0.05, 0) is 32.2 Å². The molecule has 15 heavy (non-hydrogen) atoms. The van der Waals surface area contributed by atoms with Crippen LogP contribution in [0.4, 0.5) is 0 Å². The van der Waals surface area contributed by atoms with Crippen LogP contribution in [0.25, 0.3) is 0 Å². The predicted octanol–water partition coefficient (Wildman–Crippen LogP) is 2.87. The molecule has 0 bridgehead atoms. The van der Waals surface area contributed by atoms with Crippen LogP contribution in [-0.4, -0.2) is 30.3 Å². The lowest BCUT2D eigenvalue weighted by Crippen LogP contribution is -2.37. The summed E-state index contributed by atoms with van der Waals surface area (Å²) in [4.78, 5) is 13.6. The molecule has 1 atom stereocenters. The van der Waals surface area contributed by atoms with Crippen molar-refractivity contribution in [2.45, 2.75) is 58.4 Å². The second kappa shape index (κ2) is 6.26. The molecule has 0 aliphatic heterocycles. The Morgan fingerprint density at radius 1 is 1.40 bits per heavy atom. The van der Waals surface area contributed by atoms with Crippen LogP contribution in [0.5, 0.6) is 0 Å². The molecule has 0 radical (unpaired) electrons. The standard InChI is InChI=1S/C13H25NO/c1-4-5-11(2)10-14(3)12-6-8-13(15)9-7-12/h11-12H,4-10H2,1-3H3. The number of hydrogen-bond donors (Lipinski definition) is 0. The first kappa shape index (κ1) is 12.7. The van der Waals surface area contributed by atoms with Gasteiger partial charge in [-0.2, -0.15) is 0 Å². The summed E-state index contributed by atoms with van der Waals surface area (Å²) in [5.41, 5.74) is 0. The summed E-state index contributed by atoms with van der Waals surface area (Å²) in [6, 6.07) is 0.655. The fourth-order valence-corrected chi connectivity index (χ4v) is 2.59. The number of carbonyl (C=O) groups excluding carboxylic acids is 1. The van der Waals surface area contributed by atoms with E-state index in [2.05, 4.69) is 25.8 Å². The summed E-state index contributed by atoms with van der Waals surface area (Å²) >= 11 is 0. The van der Waals surface area contributed by atoms with Crippen LogP contribution in [0.1, 0.15) is 52.4 Å². The van der Waals surface area contributed by atoms with Crippen molar-refractivity contribution in [1.29, 1.82) is 0 Å². The molecule has 1 unspecified atom stereocenters. The molecule has 88 valence electrons. The molecule has 2 heteroatoms. The number of nitrogens with zero attached hydrogens (tertiary/aromatic N) is 1. The minimum absolute atomic E-state index is 0.459. The molecule has 2 nitrogen and oxygen atoms in total. The Morgan fingerprint density at radius 3 is 2.53 bits per heavy atom. The monoisotopic (exact) mass is 211 g/mol. The molecular weight excluding hydrogens is 186 g/mol. The van der Waals surface area contributed by atoms with Gasteiger partial charge in [0.2, 0.25) is 0 Å². The smallest absolute Gasteiger partial charge is 0.133 e. The van der Waals surface area contributed by atoms with E-state index in [1.54, 1.807) is 0 Å². The highest BCUT2D eigenvalue weighted by molar-refractivity contribution is 5.79. The van der Waals surface area contributed by atoms with E-state index in [0.29, 0.717) is 11.8 Å². The molecule has 1 fully saturated rings. The molecule has 1 aliphatic carbocycles. The van der Waals surface area contributed by atoms with Crippen LogP contribution >= 0.6 is 0 Å². The van der Waals surface area contributed by atoms with E-state index in [9.17, 15) is 4.79 Å². The van der Waals surface area contributed by atoms with Gasteiger partial charge in [0.25, 0.3) is 0 Å². The lowest BCUT2D eigenvalue weighted by molar-refractivity contribution is -0.121. The highest BCUT2D eigenvalue weighted by atomic mass is 16.1. The van der Waals surface area contributed by atoms with E-state index >= 15 is 0 Å². The molecule has 0 heterocycles. The number of ketones is 1. The topological polar surface area (TPSA) is 20.3 Å². The fraction of sp³-hybridized carbons (Fsp3) is 0.923. The van der Waals surface area contributed by atoms with Crippen LogP contribution < -0.4 is 0 Å². The van der Waals surface area contributed by atoms with Crippen molar-refractivity contribution in [2.24, 2.45) is 5.92 Å². The first-order valence-corrected chi connectivity index (χ1v) is 6.35. The van der Waals surface area contributed by atoms with Gasteiger partial charge in [-0.3, -0.25) is 4.79 Å². The summed E-state index contributed by atoms with van der Waals surface area (Å²) in [5, 5.41) is 0. The van der Waals surface area contributed by atoms with Gasteiger partial charge >= 0.3 is 0 Å². The molecule has 1 rings (SSSR count). The van der Waals surface area contributed by atoms with Gasteiger partial charge in [0, 0.05) is 25.4 Å². The minimum Gasteiger partial charge on any atom is -0.303 e. The van der Waals surface area contributed by atoms with Gasteiger partial charge < -0.3 is 4.90 Å². The van der Waals surface area contributed by atoms with Crippen molar-refractivity contribution in [2.75, 3.05) is 13.6 Å². The average Bonchev–Trinajstić information content (AvgIpc) is 2.18. The Morgan fingerprint density at radius 2 is 2.00 bits per heavy atom. The van der Waals surface area contributed by atoms with Crippen molar-refractivity contribution in [3.05, 3.63) is 0 Å². The summed E-state index contributed by atoms with van der Waals surface area (Å²) in [6.45, 7) is 5.76. The zero-order chi connectivity index (χ0) is 11.3. The van der Waals surface area contributed by atoms with E-state index in [4.69, 9.17) is 0 Å². The molecule has 1 aliphatic rings. The SMILES string of the molecule is CCCC(C)CN(C)C1CCC(=O)CC1. The van der Waals surface area contributed by atoms with E-state index < -0.39 is 0 Å². The highest BCUT2D eigenvalue weighted by Crippen LogP contribution is 2.20. The molecule has 0 aromatic carbocycles. The van der Waals surface area contributed by atoms with Crippen LogP contribution in [0.2, 0.25) is 0 Å². The van der Waals surface area contributed by atoms with Gasteiger partial charge in [-0.25, -0.2) is 0 Å². The normalized spacial score (nSPS) is 20.9. The number of hydrogen-bond acceptors (Lipinski definition) is 2. The zero-order valence-electron chi connectivity index (χ0n) is 10.5. The molecule has 0 aromatic heterocycles. The Balaban J connectivity index is 2.27. The first-order valence-electron chi connectivity index (χ1n) is 6.35. The number of Topliss-reactive ketones (excluding diaryl/α,β-unsaturated/α-hetero) is 1. The van der Waals surface area contributed by atoms with Crippen molar-refractivity contribution in [3.8, 4) is 0 Å². The van der Waals surface area contributed by atoms with Gasteiger partial charge in [0.05, 0.1) is 0 Å². The second-order valence-electron chi connectivity index (χ2n) is 5.10. The zero-order valence-corrected chi connectivity index (χ0v) is 10.5. The van der Waals surface area contributed by atoms with E-state index in [0.717, 1.165) is 31.6 Å². The lowest BCUT2D eigenvalue weighted by Gasteiger charge is -2.32. The third kappa shape index (κ3) is 4.33. The van der Waals surface area contributed by atoms with Crippen LogP contribution in [0, 0.1) is 5.92 Å². The van der Waals surface area contributed by atoms with Crippen LogP contribution in [0.3, 0.4) is 0 Å². The van der Waals surface area contributed by atoms with E-state index in [-0.39, 0.29) is 0 Å². The largest absolute Gasteiger partial charge is 0.303 e. The quantitative estimate of drug-likeness (QED) is 0.697. The summed E-state index contributed by atoms with van der Waals surface area (Å²) in [6.07, 6.45) is 6.35. The van der Waals surface area contributed by atoms with Crippen LogP contribution in [0.15, 0.2) is 0 Å². The van der Waals surface area contributed by atoms with Crippen LogP contribution in [-0.2, 0) is 4.79 Å². The Labute approximate surface area is 94.0 Å². The molecule has 0 spiro atoms. The predicted molar refractivity (Wildman–Crippen MR) is 64.0 cm³/mol. The van der Waals surface area contributed by atoms with Crippen molar-refractivity contribution >= 4 is 5.78 Å². The molecule has 0 saturated heterocycles. The fourth-order valence-electron chi connectivity index (χ4n) is 2.59. The number of rotatable bonds is 5.